The molecule has 0 aliphatic carbocycles. The zero-order valence-electron chi connectivity index (χ0n) is 16.8. The van der Waals surface area contributed by atoms with Gasteiger partial charge in [-0.05, 0) is 60.7 Å². The van der Waals surface area contributed by atoms with E-state index in [4.69, 9.17) is 4.52 Å². The largest absolute Gasteiger partial charge is 0.416 e. The van der Waals surface area contributed by atoms with Crippen molar-refractivity contribution in [2.24, 2.45) is 0 Å². The van der Waals surface area contributed by atoms with Crippen molar-refractivity contribution in [3.63, 3.8) is 0 Å². The molecule has 0 bridgehead atoms. The molecule has 1 aromatic heterocycles. The highest BCUT2D eigenvalue weighted by molar-refractivity contribution is 8.19. The minimum absolute atomic E-state index is 0.0488. The van der Waals surface area contributed by atoms with Crippen molar-refractivity contribution in [1.82, 2.24) is 5.16 Å². The van der Waals surface area contributed by atoms with Gasteiger partial charge in [-0.15, -0.1) is 0 Å². The number of carbonyl (C=O) groups excluding carboxylic acids is 3. The van der Waals surface area contributed by atoms with Crippen LogP contribution in [0.15, 0.2) is 64.0 Å². The van der Waals surface area contributed by atoms with Gasteiger partial charge in [-0.1, -0.05) is 23.4 Å². The Morgan fingerprint density at radius 1 is 1.12 bits per heavy atom. The van der Waals surface area contributed by atoms with E-state index in [9.17, 15) is 27.6 Å². The first-order valence-corrected chi connectivity index (χ1v) is 10.2. The van der Waals surface area contributed by atoms with Crippen LogP contribution in [0.4, 0.5) is 29.5 Å². The molecule has 0 spiro atoms. The molecule has 2 aromatic carbocycles. The number of thioether (sulfide) groups is 1. The number of alkyl halides is 3. The summed E-state index contributed by atoms with van der Waals surface area (Å²) in [6.07, 6.45) is -3.17. The SMILES string of the molecule is Cc1cc(NC(=O)c2ccc(C=C3SC(=O)N(c4cccc(C(F)(F)F)c4)C3=O)cc2)no1. The third-order valence-electron chi connectivity index (χ3n) is 4.57. The summed E-state index contributed by atoms with van der Waals surface area (Å²) in [5.41, 5.74) is -0.272. The molecule has 33 heavy (non-hydrogen) atoms. The van der Waals surface area contributed by atoms with E-state index in [1.165, 1.54) is 24.3 Å². The predicted octanol–water partition coefficient (Wildman–Crippen LogP) is 5.50. The third-order valence-corrected chi connectivity index (χ3v) is 5.44. The van der Waals surface area contributed by atoms with Gasteiger partial charge in [0.05, 0.1) is 16.2 Å². The lowest BCUT2D eigenvalue weighted by Gasteiger charge is -2.14. The maximum atomic E-state index is 13.0. The zero-order chi connectivity index (χ0) is 23.8. The van der Waals surface area contributed by atoms with E-state index in [0.717, 1.165) is 18.2 Å². The molecular formula is C22H14F3N3O4S. The minimum atomic E-state index is -4.60. The van der Waals surface area contributed by atoms with Gasteiger partial charge in [0.2, 0.25) is 0 Å². The molecule has 3 amide bonds. The quantitative estimate of drug-likeness (QED) is 0.504. The Bertz CT molecular complexity index is 1280. The van der Waals surface area contributed by atoms with Crippen LogP contribution in [-0.4, -0.2) is 22.2 Å². The minimum Gasteiger partial charge on any atom is -0.360 e. The van der Waals surface area contributed by atoms with Gasteiger partial charge in [0, 0.05) is 11.6 Å². The first-order chi connectivity index (χ1) is 15.6. The molecule has 4 rings (SSSR count). The van der Waals surface area contributed by atoms with Crippen molar-refractivity contribution < 1.29 is 32.1 Å². The topological polar surface area (TPSA) is 92.5 Å². The molecule has 0 unspecified atom stereocenters. The van der Waals surface area contributed by atoms with Crippen molar-refractivity contribution in [1.29, 1.82) is 0 Å². The highest BCUT2D eigenvalue weighted by atomic mass is 32.2. The van der Waals surface area contributed by atoms with Crippen LogP contribution >= 0.6 is 11.8 Å². The second kappa shape index (κ2) is 8.58. The molecule has 1 saturated heterocycles. The summed E-state index contributed by atoms with van der Waals surface area (Å²) in [6, 6.07) is 11.8. The second-order valence-electron chi connectivity index (χ2n) is 6.96. The van der Waals surface area contributed by atoms with Crippen molar-refractivity contribution in [3.05, 3.63) is 82.0 Å². The number of amides is 3. The molecule has 1 aliphatic heterocycles. The van der Waals surface area contributed by atoms with Crippen LogP contribution in [0.5, 0.6) is 0 Å². The number of hydrogen-bond donors (Lipinski definition) is 1. The van der Waals surface area contributed by atoms with Crippen LogP contribution < -0.4 is 10.2 Å². The van der Waals surface area contributed by atoms with Crippen LogP contribution in [0.2, 0.25) is 0 Å². The molecule has 0 atom stereocenters. The standard InChI is InChI=1S/C22H14F3N3O4S/c1-12-9-18(27-32-12)26-19(29)14-7-5-13(6-8-14)10-17-20(30)28(21(31)33-17)16-4-2-3-15(11-16)22(23,24)25/h2-11H,1H3,(H,26,27,29). The van der Waals surface area contributed by atoms with Crippen molar-refractivity contribution in [2.45, 2.75) is 13.1 Å². The van der Waals surface area contributed by atoms with Crippen molar-refractivity contribution in [3.8, 4) is 0 Å². The van der Waals surface area contributed by atoms with E-state index in [2.05, 4.69) is 10.5 Å². The van der Waals surface area contributed by atoms with Gasteiger partial charge in [0.25, 0.3) is 17.1 Å². The molecule has 3 aromatic rings. The normalized spacial score (nSPS) is 15.4. The lowest BCUT2D eigenvalue weighted by Crippen LogP contribution is -2.28. The van der Waals surface area contributed by atoms with Gasteiger partial charge in [0.1, 0.15) is 5.76 Å². The van der Waals surface area contributed by atoms with Crippen LogP contribution in [0, 0.1) is 6.92 Å². The summed E-state index contributed by atoms with van der Waals surface area (Å²) in [5.74, 6) is -0.336. The fraction of sp³-hybridized carbons (Fsp3) is 0.0909. The summed E-state index contributed by atoms with van der Waals surface area (Å²) in [5, 5.41) is 5.55. The molecular weight excluding hydrogens is 459 g/mol. The number of nitrogens with zero attached hydrogens (tertiary/aromatic N) is 2. The van der Waals surface area contributed by atoms with Gasteiger partial charge >= 0.3 is 6.18 Å². The summed E-state index contributed by atoms with van der Waals surface area (Å²) in [4.78, 5) is 38.1. The highest BCUT2D eigenvalue weighted by Crippen LogP contribution is 2.38. The van der Waals surface area contributed by atoms with Crippen LogP contribution in [-0.2, 0) is 11.0 Å². The maximum absolute atomic E-state index is 13.0. The average Bonchev–Trinajstić information content (AvgIpc) is 3.29. The zero-order valence-corrected chi connectivity index (χ0v) is 17.7. The van der Waals surface area contributed by atoms with Crippen molar-refractivity contribution in [2.75, 3.05) is 10.2 Å². The molecule has 168 valence electrons. The number of nitrogens with one attached hydrogen (secondary N) is 1. The number of halogens is 3. The fourth-order valence-electron chi connectivity index (χ4n) is 3.01. The van der Waals surface area contributed by atoms with Crippen LogP contribution in [0.3, 0.4) is 0 Å². The molecule has 1 N–H and O–H groups in total. The van der Waals surface area contributed by atoms with E-state index in [1.54, 1.807) is 25.1 Å². The molecule has 0 saturated carbocycles. The van der Waals surface area contributed by atoms with Gasteiger partial charge in [-0.3, -0.25) is 14.4 Å². The number of carbonyl (C=O) groups is 3. The first kappa shape index (κ1) is 22.3. The predicted molar refractivity (Wildman–Crippen MR) is 116 cm³/mol. The Labute approximate surface area is 189 Å². The fourth-order valence-corrected chi connectivity index (χ4v) is 3.85. The summed E-state index contributed by atoms with van der Waals surface area (Å²) in [6.45, 7) is 1.69. The number of imide groups is 1. The number of hydrogen-bond acceptors (Lipinski definition) is 6. The van der Waals surface area contributed by atoms with Crippen molar-refractivity contribution >= 4 is 46.4 Å². The number of benzene rings is 2. The Hall–Kier alpha value is -3.86. The molecule has 0 radical (unpaired) electrons. The van der Waals surface area contributed by atoms with Crippen LogP contribution in [0.1, 0.15) is 27.2 Å². The summed E-state index contributed by atoms with van der Waals surface area (Å²) >= 11 is 0.619. The lowest BCUT2D eigenvalue weighted by atomic mass is 10.1. The highest BCUT2D eigenvalue weighted by Gasteiger charge is 2.38. The lowest BCUT2D eigenvalue weighted by molar-refractivity contribution is -0.137. The van der Waals surface area contributed by atoms with Gasteiger partial charge in [-0.25, -0.2) is 4.90 Å². The number of anilines is 2. The molecule has 2 heterocycles. The smallest absolute Gasteiger partial charge is 0.360 e. The van der Waals surface area contributed by atoms with Crippen LogP contribution in [0.25, 0.3) is 6.08 Å². The molecule has 7 nitrogen and oxygen atoms in total. The molecule has 1 aliphatic rings. The Morgan fingerprint density at radius 3 is 2.48 bits per heavy atom. The van der Waals surface area contributed by atoms with E-state index in [0.29, 0.717) is 33.5 Å². The number of aromatic nitrogens is 1. The third kappa shape index (κ3) is 4.82. The van der Waals surface area contributed by atoms with E-state index in [-0.39, 0.29) is 16.4 Å². The number of aryl methyl sites for hydroxylation is 1. The molecule has 1 fully saturated rings. The van der Waals surface area contributed by atoms with Gasteiger partial charge < -0.3 is 9.84 Å². The Balaban J connectivity index is 1.51. The Kier molecular flexibility index (Phi) is 5.81. The summed E-state index contributed by atoms with van der Waals surface area (Å²) in [7, 11) is 0. The number of rotatable bonds is 4. The summed E-state index contributed by atoms with van der Waals surface area (Å²) < 4.78 is 43.8. The van der Waals surface area contributed by atoms with Gasteiger partial charge in [0.15, 0.2) is 5.82 Å². The van der Waals surface area contributed by atoms with E-state index < -0.39 is 28.8 Å². The maximum Gasteiger partial charge on any atom is 0.416 e. The average molecular weight is 473 g/mol. The van der Waals surface area contributed by atoms with Gasteiger partial charge in [-0.2, -0.15) is 13.2 Å². The molecule has 11 heteroatoms. The first-order valence-electron chi connectivity index (χ1n) is 9.42. The second-order valence-corrected chi connectivity index (χ2v) is 7.96. The van der Waals surface area contributed by atoms with E-state index in [1.807, 2.05) is 0 Å². The van der Waals surface area contributed by atoms with E-state index >= 15 is 0 Å². The monoisotopic (exact) mass is 473 g/mol. The Morgan fingerprint density at radius 2 is 1.85 bits per heavy atom.